The van der Waals surface area contributed by atoms with Crippen molar-refractivity contribution in [3.63, 3.8) is 0 Å². The number of benzene rings is 2. The highest BCUT2D eigenvalue weighted by atomic mass is 15.1. The zero-order chi connectivity index (χ0) is 19.2. The van der Waals surface area contributed by atoms with Gasteiger partial charge in [0.05, 0.1) is 0 Å². The van der Waals surface area contributed by atoms with Crippen molar-refractivity contribution in [2.24, 2.45) is 0 Å². The van der Waals surface area contributed by atoms with Gasteiger partial charge < -0.3 is 9.47 Å². The maximum atomic E-state index is 2.37. The summed E-state index contributed by atoms with van der Waals surface area (Å²) in [5.74, 6) is 0. The Hall–Kier alpha value is -1.80. The van der Waals surface area contributed by atoms with Gasteiger partial charge in [0, 0.05) is 28.4 Å². The van der Waals surface area contributed by atoms with E-state index >= 15 is 0 Å². The number of aryl methyl sites for hydroxylation is 1. The Kier molecular flexibility index (Phi) is 12.5. The summed E-state index contributed by atoms with van der Waals surface area (Å²) in [5.41, 5.74) is 2.67. The minimum absolute atomic E-state index is 1.02. The van der Waals surface area contributed by atoms with Gasteiger partial charge in [-0.1, -0.05) is 77.9 Å². The Labute approximate surface area is 155 Å². The summed E-state index contributed by atoms with van der Waals surface area (Å²) in [7, 11) is 2.11. The molecule has 2 aromatic carbocycles. The predicted octanol–water partition coefficient (Wildman–Crippen LogP) is 6.82. The molecular formula is C23H38N2. The van der Waals surface area contributed by atoms with Crippen LogP contribution in [0.2, 0.25) is 0 Å². The van der Waals surface area contributed by atoms with Gasteiger partial charge in [-0.25, -0.2) is 0 Å². The molecule has 3 rings (SSSR count). The summed E-state index contributed by atoms with van der Waals surface area (Å²) >= 11 is 0. The van der Waals surface area contributed by atoms with E-state index < -0.39 is 0 Å². The normalized spacial score (nSPS) is 9.64. The SMILES string of the molecule is CC.CC.CCN(C)CC.CCn1c2ccccc2c2ccccc21. The van der Waals surface area contributed by atoms with Crippen molar-refractivity contribution in [2.45, 2.75) is 55.0 Å². The number of rotatable bonds is 3. The van der Waals surface area contributed by atoms with Crippen LogP contribution in [0.15, 0.2) is 48.5 Å². The molecule has 0 fully saturated rings. The van der Waals surface area contributed by atoms with Crippen molar-refractivity contribution in [3.05, 3.63) is 48.5 Å². The molecule has 1 aromatic heterocycles. The molecular weight excluding hydrogens is 304 g/mol. The van der Waals surface area contributed by atoms with Crippen LogP contribution in [0.5, 0.6) is 0 Å². The molecule has 0 radical (unpaired) electrons. The van der Waals surface area contributed by atoms with E-state index in [2.05, 4.69) is 85.8 Å². The second-order valence-corrected chi connectivity index (χ2v) is 5.27. The summed E-state index contributed by atoms with van der Waals surface area (Å²) in [6.07, 6.45) is 0. The first-order valence-corrected chi connectivity index (χ1v) is 9.87. The second-order valence-electron chi connectivity index (χ2n) is 5.27. The molecule has 0 aliphatic rings. The second kappa shape index (κ2) is 13.5. The van der Waals surface area contributed by atoms with E-state index in [1.54, 1.807) is 0 Å². The Bertz CT molecular complexity index is 640. The van der Waals surface area contributed by atoms with Crippen LogP contribution in [0, 0.1) is 0 Å². The zero-order valence-electron chi connectivity index (χ0n) is 17.6. The first-order valence-electron chi connectivity index (χ1n) is 9.87. The van der Waals surface area contributed by atoms with Gasteiger partial charge in [-0.15, -0.1) is 0 Å². The molecule has 0 unspecified atom stereocenters. The molecule has 0 bridgehead atoms. The summed E-state index contributed by atoms with van der Waals surface area (Å²) in [6.45, 7) is 17.9. The van der Waals surface area contributed by atoms with E-state index in [1.807, 2.05) is 27.7 Å². The fourth-order valence-corrected chi connectivity index (χ4v) is 2.57. The third-order valence-electron chi connectivity index (χ3n) is 4.08. The van der Waals surface area contributed by atoms with Crippen molar-refractivity contribution in [2.75, 3.05) is 20.1 Å². The van der Waals surface area contributed by atoms with Gasteiger partial charge in [0.25, 0.3) is 0 Å². The van der Waals surface area contributed by atoms with Crippen LogP contribution in [0.25, 0.3) is 21.8 Å². The molecule has 1 heterocycles. The van der Waals surface area contributed by atoms with Crippen LogP contribution in [-0.4, -0.2) is 29.6 Å². The van der Waals surface area contributed by atoms with Gasteiger partial charge in [0.15, 0.2) is 0 Å². The topological polar surface area (TPSA) is 8.17 Å². The standard InChI is InChI=1S/C14H13N.C5H13N.2C2H6/c1-2-15-13-9-5-3-7-11(13)12-8-4-6-10-14(12)15;1-4-6(3)5-2;2*1-2/h3-10H,2H2,1H3;4-5H2,1-3H3;2*1-2H3. The van der Waals surface area contributed by atoms with Gasteiger partial charge in [-0.05, 0) is 39.2 Å². The fourth-order valence-electron chi connectivity index (χ4n) is 2.57. The molecule has 0 spiro atoms. The van der Waals surface area contributed by atoms with Gasteiger partial charge >= 0.3 is 0 Å². The minimum Gasteiger partial charge on any atom is -0.341 e. The Morgan fingerprint density at radius 2 is 1.04 bits per heavy atom. The highest BCUT2D eigenvalue weighted by Gasteiger charge is 2.06. The molecule has 140 valence electrons. The quantitative estimate of drug-likeness (QED) is 0.506. The smallest absolute Gasteiger partial charge is 0.0491 e. The summed E-state index contributed by atoms with van der Waals surface area (Å²) in [4.78, 5) is 2.25. The molecule has 2 nitrogen and oxygen atoms in total. The summed E-state index contributed by atoms with van der Waals surface area (Å²) in [6, 6.07) is 17.2. The maximum Gasteiger partial charge on any atom is 0.0491 e. The molecule has 0 saturated heterocycles. The first kappa shape index (κ1) is 23.2. The number of hydrogen-bond acceptors (Lipinski definition) is 1. The Morgan fingerprint density at radius 1 is 0.680 bits per heavy atom. The van der Waals surface area contributed by atoms with Gasteiger partial charge in [0.2, 0.25) is 0 Å². The van der Waals surface area contributed by atoms with Crippen LogP contribution in [0.1, 0.15) is 48.5 Å². The lowest BCUT2D eigenvalue weighted by Crippen LogP contribution is -2.15. The molecule has 0 saturated carbocycles. The zero-order valence-corrected chi connectivity index (χ0v) is 17.6. The molecule has 0 aliphatic heterocycles. The van der Waals surface area contributed by atoms with E-state index in [0.29, 0.717) is 0 Å². The van der Waals surface area contributed by atoms with Crippen LogP contribution < -0.4 is 0 Å². The molecule has 3 aromatic rings. The lowest BCUT2D eigenvalue weighted by molar-refractivity contribution is 0.373. The molecule has 0 amide bonds. The van der Waals surface area contributed by atoms with Crippen molar-refractivity contribution in [1.82, 2.24) is 9.47 Å². The largest absolute Gasteiger partial charge is 0.341 e. The monoisotopic (exact) mass is 342 g/mol. The van der Waals surface area contributed by atoms with Crippen LogP contribution >= 0.6 is 0 Å². The Balaban J connectivity index is 0.000000492. The average molecular weight is 343 g/mol. The van der Waals surface area contributed by atoms with E-state index in [4.69, 9.17) is 0 Å². The van der Waals surface area contributed by atoms with Crippen molar-refractivity contribution < 1.29 is 0 Å². The van der Waals surface area contributed by atoms with Gasteiger partial charge in [0.1, 0.15) is 0 Å². The minimum atomic E-state index is 1.02. The third-order valence-corrected chi connectivity index (χ3v) is 4.08. The van der Waals surface area contributed by atoms with Gasteiger partial charge in [-0.3, -0.25) is 0 Å². The van der Waals surface area contributed by atoms with Crippen molar-refractivity contribution in [1.29, 1.82) is 0 Å². The van der Waals surface area contributed by atoms with E-state index in [-0.39, 0.29) is 0 Å². The van der Waals surface area contributed by atoms with E-state index in [0.717, 1.165) is 19.6 Å². The van der Waals surface area contributed by atoms with E-state index in [1.165, 1.54) is 21.8 Å². The molecule has 0 atom stereocenters. The Morgan fingerprint density at radius 3 is 1.32 bits per heavy atom. The van der Waals surface area contributed by atoms with E-state index in [9.17, 15) is 0 Å². The third kappa shape index (κ3) is 6.21. The molecule has 0 aliphatic carbocycles. The molecule has 25 heavy (non-hydrogen) atoms. The number of para-hydroxylation sites is 2. The average Bonchev–Trinajstić information content (AvgIpc) is 3.04. The maximum absolute atomic E-state index is 2.37. The summed E-state index contributed by atoms with van der Waals surface area (Å²) in [5, 5.41) is 2.71. The summed E-state index contributed by atoms with van der Waals surface area (Å²) < 4.78 is 2.37. The van der Waals surface area contributed by atoms with Crippen molar-refractivity contribution >= 4 is 21.8 Å². The predicted molar refractivity (Wildman–Crippen MR) is 117 cm³/mol. The highest BCUT2D eigenvalue weighted by molar-refractivity contribution is 6.07. The van der Waals surface area contributed by atoms with Crippen LogP contribution in [0.4, 0.5) is 0 Å². The fraction of sp³-hybridized carbons (Fsp3) is 0.478. The highest BCUT2D eigenvalue weighted by Crippen LogP contribution is 2.28. The van der Waals surface area contributed by atoms with Crippen LogP contribution in [0.3, 0.4) is 0 Å². The van der Waals surface area contributed by atoms with Crippen LogP contribution in [-0.2, 0) is 6.54 Å². The molecule has 2 heteroatoms. The van der Waals surface area contributed by atoms with Gasteiger partial charge in [-0.2, -0.15) is 0 Å². The lowest BCUT2D eigenvalue weighted by atomic mass is 10.2. The number of aromatic nitrogens is 1. The van der Waals surface area contributed by atoms with Crippen molar-refractivity contribution in [3.8, 4) is 0 Å². The number of fused-ring (bicyclic) bond motifs is 3. The first-order chi connectivity index (χ1) is 12.2. The lowest BCUT2D eigenvalue weighted by Gasteiger charge is -2.07. The number of nitrogens with zero attached hydrogens (tertiary/aromatic N) is 2. The molecule has 0 N–H and O–H groups in total. The number of hydrogen-bond donors (Lipinski definition) is 0.